The van der Waals surface area contributed by atoms with E-state index in [9.17, 15) is 24.6 Å². The number of carbonyl (C=O) groups excluding carboxylic acids is 2. The van der Waals surface area contributed by atoms with E-state index in [0.29, 0.717) is 27.8 Å². The highest BCUT2D eigenvalue weighted by Crippen LogP contribution is 2.41. The average molecular weight is 463 g/mol. The minimum Gasteiger partial charge on any atom is -0.477 e. The molecule has 2 aliphatic heterocycles. The maximum atomic E-state index is 12.7. The molecule has 0 bridgehead atoms. The molecule has 4 rings (SSSR count). The number of nitrogens with one attached hydrogen (secondary N) is 1. The third-order valence-corrected chi connectivity index (χ3v) is 7.30. The van der Waals surface area contributed by atoms with Gasteiger partial charge in [0.1, 0.15) is 17.1 Å². The lowest BCUT2D eigenvalue weighted by atomic mass is 10.0. The second-order valence-electron chi connectivity index (χ2n) is 6.84. The Bertz CT molecular complexity index is 1060. The van der Waals surface area contributed by atoms with E-state index >= 15 is 0 Å². The van der Waals surface area contributed by atoms with Crippen LogP contribution in [0, 0.1) is 0 Å². The lowest BCUT2D eigenvalue weighted by Crippen LogP contribution is -2.70. The lowest BCUT2D eigenvalue weighted by Gasteiger charge is -2.49. The van der Waals surface area contributed by atoms with Crippen molar-refractivity contribution in [2.24, 2.45) is 7.05 Å². The molecule has 3 N–H and O–H groups in total. The van der Waals surface area contributed by atoms with Crippen LogP contribution in [0.15, 0.2) is 46.8 Å². The van der Waals surface area contributed by atoms with E-state index in [1.165, 1.54) is 33.1 Å². The lowest BCUT2D eigenvalue weighted by molar-refractivity contribution is -0.151. The summed E-state index contributed by atoms with van der Waals surface area (Å²) in [7, 11) is 1.68. The normalized spacial score (nSPS) is 21.4. The van der Waals surface area contributed by atoms with Gasteiger partial charge >= 0.3 is 5.97 Å². The van der Waals surface area contributed by atoms with Gasteiger partial charge in [-0.3, -0.25) is 14.5 Å². The van der Waals surface area contributed by atoms with Gasteiger partial charge in [-0.05, 0) is 21.6 Å². The quantitative estimate of drug-likeness (QED) is 0.372. The molecule has 0 aliphatic carbocycles. The predicted molar refractivity (Wildman–Crippen MR) is 111 cm³/mol. The summed E-state index contributed by atoms with van der Waals surface area (Å²) in [5, 5.41) is 33.6. The van der Waals surface area contributed by atoms with Crippen LogP contribution in [0.3, 0.4) is 0 Å². The Balaban J connectivity index is 1.46. The fraction of sp³-hybridized carbons (Fsp3) is 0.333. The molecule has 0 radical (unpaired) electrons. The van der Waals surface area contributed by atoms with Crippen LogP contribution in [0.25, 0.3) is 0 Å². The Morgan fingerprint density at radius 2 is 2.10 bits per heavy atom. The topological polar surface area (TPSA) is 151 Å². The van der Waals surface area contributed by atoms with Crippen LogP contribution in [0.2, 0.25) is 0 Å². The van der Waals surface area contributed by atoms with Gasteiger partial charge in [-0.2, -0.15) is 0 Å². The number of benzene rings is 1. The summed E-state index contributed by atoms with van der Waals surface area (Å²) in [5.74, 6) is -1.75. The summed E-state index contributed by atoms with van der Waals surface area (Å²) in [6, 6.07) is 7.46. The Morgan fingerprint density at radius 1 is 1.35 bits per heavy atom. The number of thioether (sulfide) groups is 2. The van der Waals surface area contributed by atoms with Crippen LogP contribution >= 0.6 is 23.5 Å². The number of fused-ring (bicyclic) bond motifs is 1. The maximum absolute atomic E-state index is 12.7. The Morgan fingerprint density at radius 3 is 2.74 bits per heavy atom. The molecular formula is C18H18N6O5S2. The summed E-state index contributed by atoms with van der Waals surface area (Å²) in [4.78, 5) is 38.2. The van der Waals surface area contributed by atoms with Crippen molar-refractivity contribution in [3.63, 3.8) is 0 Å². The molecule has 162 valence electrons. The van der Waals surface area contributed by atoms with Crippen molar-refractivity contribution in [2.45, 2.75) is 22.7 Å². The van der Waals surface area contributed by atoms with Crippen LogP contribution in [-0.2, 0) is 21.4 Å². The predicted octanol–water partition coefficient (Wildman–Crippen LogP) is -0.226. The number of hydrogen-bond acceptors (Lipinski definition) is 9. The summed E-state index contributed by atoms with van der Waals surface area (Å²) >= 11 is 2.64. The number of hydrogen-bond donors (Lipinski definition) is 3. The molecule has 1 fully saturated rings. The van der Waals surface area contributed by atoms with Gasteiger partial charge in [0.2, 0.25) is 5.16 Å². The van der Waals surface area contributed by atoms with E-state index in [2.05, 4.69) is 20.8 Å². The largest absolute Gasteiger partial charge is 0.477 e. The number of rotatable bonds is 7. The van der Waals surface area contributed by atoms with Crippen molar-refractivity contribution >= 4 is 41.3 Å². The van der Waals surface area contributed by atoms with Gasteiger partial charge in [-0.1, -0.05) is 42.1 Å². The number of amides is 2. The van der Waals surface area contributed by atoms with E-state index in [0.717, 1.165) is 0 Å². The van der Waals surface area contributed by atoms with Crippen molar-refractivity contribution < 1.29 is 24.6 Å². The average Bonchev–Trinajstić information content (AvgIpc) is 3.19. The molecule has 13 heteroatoms. The monoisotopic (exact) mass is 462 g/mol. The SMILES string of the molecule is Cn1nnnc1SCC1=C(C(=O)O)N2C(=O)[C@@H](NC(=O)[C@@H](O)c3ccccc3)[C@H]2SC1. The van der Waals surface area contributed by atoms with Crippen molar-refractivity contribution in [2.75, 3.05) is 11.5 Å². The Kier molecular flexibility index (Phi) is 5.98. The van der Waals surface area contributed by atoms with Gasteiger partial charge in [0.05, 0.1) is 0 Å². The summed E-state index contributed by atoms with van der Waals surface area (Å²) in [6.45, 7) is 0. The first-order valence-corrected chi connectivity index (χ1v) is 11.2. The van der Waals surface area contributed by atoms with Gasteiger partial charge in [0.15, 0.2) is 6.10 Å². The van der Waals surface area contributed by atoms with Gasteiger partial charge in [-0.15, -0.1) is 16.9 Å². The second kappa shape index (κ2) is 8.69. The fourth-order valence-electron chi connectivity index (χ4n) is 3.31. The van der Waals surface area contributed by atoms with Crippen LogP contribution in [0.5, 0.6) is 0 Å². The number of carbonyl (C=O) groups is 3. The zero-order valence-corrected chi connectivity index (χ0v) is 17.8. The second-order valence-corrected chi connectivity index (χ2v) is 8.89. The van der Waals surface area contributed by atoms with Gasteiger partial charge in [0, 0.05) is 18.6 Å². The number of carboxylic acids is 1. The third-order valence-electron chi connectivity index (χ3n) is 4.87. The molecule has 1 saturated heterocycles. The first-order valence-electron chi connectivity index (χ1n) is 9.17. The molecule has 2 amide bonds. The number of aromatic nitrogens is 4. The van der Waals surface area contributed by atoms with Gasteiger partial charge in [-0.25, -0.2) is 9.48 Å². The number of nitrogens with zero attached hydrogens (tertiary/aromatic N) is 5. The summed E-state index contributed by atoms with van der Waals surface area (Å²) in [5.41, 5.74) is 0.901. The minimum atomic E-state index is -1.42. The molecule has 0 saturated carbocycles. The van der Waals surface area contributed by atoms with Crippen LogP contribution in [0.4, 0.5) is 0 Å². The maximum Gasteiger partial charge on any atom is 0.352 e. The Labute approximate surface area is 184 Å². The molecule has 1 aromatic heterocycles. The van der Waals surface area contributed by atoms with Gasteiger partial charge < -0.3 is 15.5 Å². The number of aliphatic carboxylic acids is 1. The number of aliphatic hydroxyl groups excluding tert-OH is 1. The highest BCUT2D eigenvalue weighted by Gasteiger charge is 2.54. The third kappa shape index (κ3) is 4.03. The molecule has 2 aliphatic rings. The summed E-state index contributed by atoms with van der Waals surface area (Å²) < 4.78 is 1.48. The number of β-lactam (4-membered cyclic amide) rings is 1. The first-order chi connectivity index (χ1) is 14.9. The van der Waals surface area contributed by atoms with Crippen molar-refractivity contribution in [1.29, 1.82) is 0 Å². The number of tetrazole rings is 1. The molecule has 0 spiro atoms. The molecule has 3 heterocycles. The van der Waals surface area contributed by atoms with Crippen LogP contribution in [-0.4, -0.2) is 76.0 Å². The minimum absolute atomic E-state index is 0.0783. The zero-order chi connectivity index (χ0) is 22.1. The molecule has 11 nitrogen and oxygen atoms in total. The van der Waals surface area contributed by atoms with E-state index in [1.54, 1.807) is 37.4 Å². The Hall–Kier alpha value is -2.90. The smallest absolute Gasteiger partial charge is 0.352 e. The number of carboxylic acid groups (broad SMARTS) is 1. The number of aliphatic hydroxyl groups is 1. The first kappa shape index (κ1) is 21.3. The molecule has 3 atom stereocenters. The zero-order valence-electron chi connectivity index (χ0n) is 16.2. The van der Waals surface area contributed by atoms with E-state index in [-0.39, 0.29) is 5.70 Å². The highest BCUT2D eigenvalue weighted by atomic mass is 32.2. The van der Waals surface area contributed by atoms with Crippen molar-refractivity contribution in [3.8, 4) is 0 Å². The molecule has 2 aromatic rings. The van der Waals surface area contributed by atoms with E-state index in [1.807, 2.05) is 0 Å². The van der Waals surface area contributed by atoms with Crippen molar-refractivity contribution in [1.82, 2.24) is 30.4 Å². The summed E-state index contributed by atoms with van der Waals surface area (Å²) in [6.07, 6.45) is -1.42. The van der Waals surface area contributed by atoms with E-state index in [4.69, 9.17) is 0 Å². The van der Waals surface area contributed by atoms with Gasteiger partial charge in [0.25, 0.3) is 11.8 Å². The number of aryl methyl sites for hydroxylation is 1. The van der Waals surface area contributed by atoms with E-state index < -0.39 is 35.3 Å². The molecule has 0 unspecified atom stereocenters. The van der Waals surface area contributed by atoms with Crippen molar-refractivity contribution in [3.05, 3.63) is 47.2 Å². The standard InChI is InChI=1S/C18H18N6O5S2/c1-23-18(20-21-22-23)31-8-10-7-30-16-11(15(27)24(16)12(10)17(28)29)19-14(26)13(25)9-5-3-2-4-6-9/h2-6,11,13,16,25H,7-8H2,1H3,(H,19,26)(H,28,29)/t11-,13+,16-/m1/s1. The highest BCUT2D eigenvalue weighted by molar-refractivity contribution is 8.01. The van der Waals surface area contributed by atoms with Crippen LogP contribution in [0.1, 0.15) is 11.7 Å². The van der Waals surface area contributed by atoms with Crippen LogP contribution < -0.4 is 5.32 Å². The molecule has 1 aromatic carbocycles. The molecule has 31 heavy (non-hydrogen) atoms. The fourth-order valence-corrected chi connectivity index (χ4v) is 5.64. The molecular weight excluding hydrogens is 444 g/mol.